The number of anilines is 1. The van der Waals surface area contributed by atoms with E-state index in [2.05, 4.69) is 0 Å². The van der Waals surface area contributed by atoms with Crippen molar-refractivity contribution in [3.05, 3.63) is 65.2 Å². The summed E-state index contributed by atoms with van der Waals surface area (Å²) in [5.74, 6) is -2.97. The van der Waals surface area contributed by atoms with Crippen LogP contribution in [0.4, 0.5) is 5.69 Å². The van der Waals surface area contributed by atoms with E-state index in [1.54, 1.807) is 29.2 Å². The fraction of sp³-hybridized carbons (Fsp3) is 0.452. The Labute approximate surface area is 245 Å². The topological polar surface area (TPSA) is 125 Å². The Kier molecular flexibility index (Phi) is 7.44. The van der Waals surface area contributed by atoms with Crippen LogP contribution >= 0.6 is 0 Å². The first-order chi connectivity index (χ1) is 20.2. The maximum atomic E-state index is 14.5. The van der Waals surface area contributed by atoms with E-state index in [0.29, 0.717) is 50.3 Å². The molecule has 42 heavy (non-hydrogen) atoms. The monoisotopic (exact) mass is 593 g/mol. The lowest BCUT2D eigenvalue weighted by Gasteiger charge is -2.35. The van der Waals surface area contributed by atoms with Crippen LogP contribution in [0.3, 0.4) is 0 Å². The van der Waals surface area contributed by atoms with E-state index in [1.807, 2.05) is 6.92 Å². The molecule has 3 saturated heterocycles. The molecule has 1 N–H and O–H groups in total. The summed E-state index contributed by atoms with van der Waals surface area (Å²) in [6.45, 7) is 3.62. The number of aliphatic hydroxyl groups excluding tert-OH is 1. The molecule has 0 saturated carbocycles. The molecule has 2 aromatic rings. The molecule has 2 amide bonds. The highest BCUT2D eigenvalue weighted by Crippen LogP contribution is 2.54. The molecule has 222 valence electrons. The van der Waals surface area contributed by atoms with Gasteiger partial charge >= 0.3 is 0 Å². The van der Waals surface area contributed by atoms with Crippen molar-refractivity contribution in [3.8, 4) is 0 Å². The normalized spacial score (nSPS) is 26.0. The van der Waals surface area contributed by atoms with E-state index in [1.165, 1.54) is 33.5 Å². The van der Waals surface area contributed by atoms with Gasteiger partial charge in [0.2, 0.25) is 10.0 Å². The Hall–Kier alpha value is -3.54. The van der Waals surface area contributed by atoms with Gasteiger partial charge in [0.05, 0.1) is 22.3 Å². The van der Waals surface area contributed by atoms with Crippen molar-refractivity contribution in [1.82, 2.24) is 9.21 Å². The van der Waals surface area contributed by atoms with Crippen LogP contribution in [-0.2, 0) is 34.7 Å². The fourth-order valence-corrected chi connectivity index (χ4v) is 8.32. The summed E-state index contributed by atoms with van der Waals surface area (Å²) in [5, 5.41) is 11.8. The average molecular weight is 594 g/mol. The van der Waals surface area contributed by atoms with Gasteiger partial charge in [0.15, 0.2) is 5.54 Å². The molecular weight excluding hydrogens is 558 g/mol. The van der Waals surface area contributed by atoms with Gasteiger partial charge in [-0.15, -0.1) is 0 Å². The van der Waals surface area contributed by atoms with Crippen molar-refractivity contribution < 1.29 is 32.6 Å². The van der Waals surface area contributed by atoms with E-state index in [-0.39, 0.29) is 28.7 Å². The van der Waals surface area contributed by atoms with Gasteiger partial charge < -0.3 is 19.6 Å². The van der Waals surface area contributed by atoms with Crippen LogP contribution in [0, 0.1) is 0 Å². The molecule has 0 bridgehead atoms. The number of nitrogens with zero attached hydrogens (tertiary/aromatic N) is 3. The molecule has 0 radical (unpaired) electrons. The molecule has 2 atom stereocenters. The molecule has 4 heterocycles. The second kappa shape index (κ2) is 10.9. The zero-order valence-corrected chi connectivity index (χ0v) is 24.4. The Bertz CT molecular complexity index is 1570. The van der Waals surface area contributed by atoms with Gasteiger partial charge in [0.1, 0.15) is 5.76 Å². The van der Waals surface area contributed by atoms with E-state index < -0.39 is 38.9 Å². The zero-order chi connectivity index (χ0) is 29.6. The van der Waals surface area contributed by atoms with Crippen molar-refractivity contribution in [1.29, 1.82) is 0 Å². The number of ketones is 1. The number of hydrogen-bond donors (Lipinski definition) is 1. The lowest BCUT2D eigenvalue weighted by atomic mass is 9.81. The number of amides is 2. The van der Waals surface area contributed by atoms with Crippen molar-refractivity contribution >= 4 is 39.1 Å². The lowest BCUT2D eigenvalue weighted by molar-refractivity contribution is -0.145. The zero-order valence-electron chi connectivity index (χ0n) is 23.6. The average Bonchev–Trinajstić information content (AvgIpc) is 3.67. The van der Waals surface area contributed by atoms with Crippen LogP contribution in [0.1, 0.15) is 56.6 Å². The molecule has 0 aromatic heterocycles. The number of sulfonamides is 1. The lowest BCUT2D eigenvalue weighted by Crippen LogP contribution is -2.53. The third kappa shape index (κ3) is 4.28. The van der Waals surface area contributed by atoms with Crippen LogP contribution in [0.2, 0.25) is 0 Å². The number of hydrogen-bond acceptors (Lipinski definition) is 7. The molecule has 1 spiro atoms. The number of carbonyl (C=O) groups excluding carboxylic acids is 3. The SMILES string of the molecule is CCCN1C(=O)C2(/C(=C(/O)c3cccc(S(=O)(=O)N4CCCCC4)c3)C(=O)C(=O)N2CC2CCCO2)c2ccccc21. The smallest absolute Gasteiger partial charge is 0.296 e. The van der Waals surface area contributed by atoms with Crippen molar-refractivity contribution in [2.45, 2.75) is 62.0 Å². The first kappa shape index (κ1) is 28.6. The minimum absolute atomic E-state index is 0.00473. The summed E-state index contributed by atoms with van der Waals surface area (Å²) < 4.78 is 34.1. The largest absolute Gasteiger partial charge is 0.507 e. The van der Waals surface area contributed by atoms with Crippen molar-refractivity contribution in [2.24, 2.45) is 0 Å². The predicted molar refractivity (Wildman–Crippen MR) is 155 cm³/mol. The van der Waals surface area contributed by atoms with Crippen LogP contribution in [0.25, 0.3) is 5.76 Å². The second-order valence-corrected chi connectivity index (χ2v) is 13.2. The van der Waals surface area contributed by atoms with E-state index in [0.717, 1.165) is 25.7 Å². The summed E-state index contributed by atoms with van der Waals surface area (Å²) >= 11 is 0. The van der Waals surface area contributed by atoms with E-state index in [4.69, 9.17) is 4.74 Å². The minimum atomic E-state index is -3.85. The van der Waals surface area contributed by atoms with Crippen LogP contribution < -0.4 is 4.90 Å². The molecule has 11 heteroatoms. The van der Waals surface area contributed by atoms with Gasteiger partial charge in [0.25, 0.3) is 17.6 Å². The third-order valence-electron chi connectivity index (χ3n) is 8.73. The number of likely N-dealkylation sites (tertiary alicyclic amines) is 1. The summed E-state index contributed by atoms with van der Waals surface area (Å²) in [6.07, 6.45) is 4.23. The number of benzene rings is 2. The number of Topliss-reactive ketones (excluding diaryl/α,β-unsaturated/α-hetero) is 1. The van der Waals surface area contributed by atoms with Gasteiger partial charge in [-0.2, -0.15) is 4.31 Å². The molecule has 2 aromatic carbocycles. The maximum absolute atomic E-state index is 14.5. The molecule has 6 rings (SSSR count). The molecular formula is C31H35N3O7S. The summed E-state index contributed by atoms with van der Waals surface area (Å²) in [5.41, 5.74) is -1.22. The predicted octanol–water partition coefficient (Wildman–Crippen LogP) is 3.37. The summed E-state index contributed by atoms with van der Waals surface area (Å²) in [6, 6.07) is 12.8. The fourth-order valence-electron chi connectivity index (χ4n) is 6.76. The van der Waals surface area contributed by atoms with Gasteiger partial charge in [-0.1, -0.05) is 43.7 Å². The highest BCUT2D eigenvalue weighted by molar-refractivity contribution is 7.89. The highest BCUT2D eigenvalue weighted by atomic mass is 32.2. The number of ether oxygens (including phenoxy) is 1. The number of aliphatic hydroxyl groups is 1. The summed E-state index contributed by atoms with van der Waals surface area (Å²) in [4.78, 5) is 44.9. The third-order valence-corrected chi connectivity index (χ3v) is 10.6. The van der Waals surface area contributed by atoms with Crippen LogP contribution in [0.15, 0.2) is 59.0 Å². The van der Waals surface area contributed by atoms with E-state index in [9.17, 15) is 27.9 Å². The number of fused-ring (bicyclic) bond motifs is 2. The van der Waals surface area contributed by atoms with Gasteiger partial charge in [-0.05, 0) is 50.3 Å². The number of carbonyl (C=O) groups is 3. The molecule has 0 aliphatic carbocycles. The highest BCUT2D eigenvalue weighted by Gasteiger charge is 2.67. The standard InChI is InChI=1S/C31H35N3O7S/c1-2-15-33-25-14-5-4-13-24(25)31(30(33)38)26(28(36)29(37)34(31)20-22-11-9-18-41-22)27(35)21-10-8-12-23(19-21)42(39,40)32-16-6-3-7-17-32/h4-5,8,10,12-14,19,22,35H,2-3,6-7,9,11,15-18,20H2,1H3/b27-26+. The Balaban J connectivity index is 1.54. The first-order valence-corrected chi connectivity index (χ1v) is 16.1. The second-order valence-electron chi connectivity index (χ2n) is 11.3. The van der Waals surface area contributed by atoms with Gasteiger partial charge in [-0.3, -0.25) is 14.4 Å². The Morgan fingerprint density at radius 3 is 2.50 bits per heavy atom. The molecule has 2 unspecified atom stereocenters. The number of piperidine rings is 1. The minimum Gasteiger partial charge on any atom is -0.507 e. The molecule has 10 nitrogen and oxygen atoms in total. The summed E-state index contributed by atoms with van der Waals surface area (Å²) in [7, 11) is -3.85. The van der Waals surface area contributed by atoms with Crippen molar-refractivity contribution in [2.75, 3.05) is 37.7 Å². The quantitative estimate of drug-likeness (QED) is 0.297. The molecule has 3 fully saturated rings. The molecule has 4 aliphatic heterocycles. The Morgan fingerprint density at radius 2 is 1.79 bits per heavy atom. The number of rotatable bonds is 7. The van der Waals surface area contributed by atoms with Gasteiger partial charge in [-0.25, -0.2) is 8.42 Å². The van der Waals surface area contributed by atoms with Crippen LogP contribution in [0.5, 0.6) is 0 Å². The van der Waals surface area contributed by atoms with Gasteiger partial charge in [0, 0.05) is 43.9 Å². The van der Waals surface area contributed by atoms with Crippen LogP contribution in [-0.4, -0.2) is 79.2 Å². The number of para-hydroxylation sites is 1. The first-order valence-electron chi connectivity index (χ1n) is 14.7. The molecule has 4 aliphatic rings. The van der Waals surface area contributed by atoms with E-state index >= 15 is 0 Å². The Morgan fingerprint density at radius 1 is 1.02 bits per heavy atom. The van der Waals surface area contributed by atoms with Crippen molar-refractivity contribution in [3.63, 3.8) is 0 Å². The maximum Gasteiger partial charge on any atom is 0.296 e.